The van der Waals surface area contributed by atoms with Gasteiger partial charge in [-0.25, -0.2) is 4.98 Å². The van der Waals surface area contributed by atoms with E-state index in [0.717, 1.165) is 23.1 Å². The Morgan fingerprint density at radius 2 is 2.00 bits per heavy atom. The molecule has 2 nitrogen and oxygen atoms in total. The number of anilines is 1. The van der Waals surface area contributed by atoms with Crippen molar-refractivity contribution in [2.24, 2.45) is 5.41 Å². The number of hydrogen-bond donors (Lipinski definition) is 1. The van der Waals surface area contributed by atoms with Gasteiger partial charge in [0.2, 0.25) is 0 Å². The van der Waals surface area contributed by atoms with Gasteiger partial charge in [0.05, 0.1) is 10.2 Å². The predicted molar refractivity (Wildman–Crippen MR) is 84.3 cm³/mol. The average molecular weight is 295 g/mol. The number of halogens is 1. The number of thiazole rings is 1. The fraction of sp³-hybridized carbons (Fsp3) is 0.533. The molecule has 0 aliphatic heterocycles. The fourth-order valence-electron chi connectivity index (χ4n) is 2.87. The minimum absolute atomic E-state index is 0.275. The molecule has 3 rings (SSSR count). The topological polar surface area (TPSA) is 24.9 Å². The first kappa shape index (κ1) is 13.2. The molecule has 1 N–H and O–H groups in total. The van der Waals surface area contributed by atoms with Gasteiger partial charge in [-0.15, -0.1) is 11.6 Å². The quantitative estimate of drug-likeness (QED) is 0.812. The Balaban J connectivity index is 1.70. The van der Waals surface area contributed by atoms with Crippen molar-refractivity contribution in [3.8, 4) is 0 Å². The number of aromatic nitrogens is 1. The molecule has 0 saturated heterocycles. The summed E-state index contributed by atoms with van der Waals surface area (Å²) in [6, 6.07) is 8.28. The first-order chi connectivity index (χ1) is 9.31. The number of nitrogens with zero attached hydrogens (tertiary/aromatic N) is 1. The van der Waals surface area contributed by atoms with Crippen LogP contribution in [0.5, 0.6) is 0 Å². The third-order valence-electron chi connectivity index (χ3n) is 4.11. The summed E-state index contributed by atoms with van der Waals surface area (Å²) in [6.45, 7) is 0.955. The molecular weight excluding hydrogens is 276 g/mol. The zero-order chi connectivity index (χ0) is 13.1. The van der Waals surface area contributed by atoms with Crippen molar-refractivity contribution < 1.29 is 0 Å². The van der Waals surface area contributed by atoms with Crippen molar-refractivity contribution >= 4 is 38.3 Å². The van der Waals surface area contributed by atoms with E-state index in [1.54, 1.807) is 11.3 Å². The van der Waals surface area contributed by atoms with E-state index in [1.165, 1.54) is 36.8 Å². The van der Waals surface area contributed by atoms with Crippen LogP contribution in [0.1, 0.15) is 32.1 Å². The van der Waals surface area contributed by atoms with Gasteiger partial charge in [-0.1, -0.05) is 42.7 Å². The Hall–Kier alpha value is -0.800. The standard InChI is InChI=1S/C15H19ClN2S/c16-10-15(8-4-1-5-9-15)11-17-14-18-12-6-2-3-7-13(12)19-14/h2-3,6-7H,1,4-5,8-11H2,(H,17,18). The first-order valence-electron chi connectivity index (χ1n) is 6.97. The number of nitrogens with one attached hydrogen (secondary N) is 1. The van der Waals surface area contributed by atoms with E-state index in [2.05, 4.69) is 28.5 Å². The van der Waals surface area contributed by atoms with Gasteiger partial charge < -0.3 is 5.32 Å². The summed E-state index contributed by atoms with van der Waals surface area (Å²) in [7, 11) is 0. The highest BCUT2D eigenvalue weighted by Crippen LogP contribution is 2.38. The van der Waals surface area contributed by atoms with Crippen molar-refractivity contribution in [1.29, 1.82) is 0 Å². The SMILES string of the molecule is ClCC1(CNc2nc3ccccc3s2)CCCCC1. The van der Waals surface area contributed by atoms with Crippen molar-refractivity contribution in [3.63, 3.8) is 0 Å². The van der Waals surface area contributed by atoms with Crippen LogP contribution in [0.2, 0.25) is 0 Å². The Bertz CT molecular complexity index is 513. The highest BCUT2D eigenvalue weighted by molar-refractivity contribution is 7.22. The molecule has 0 radical (unpaired) electrons. The molecule has 2 aromatic rings. The molecule has 102 valence electrons. The third kappa shape index (κ3) is 2.87. The van der Waals surface area contributed by atoms with Crippen LogP contribution in [0.4, 0.5) is 5.13 Å². The Kier molecular flexibility index (Phi) is 3.94. The Morgan fingerprint density at radius 1 is 1.21 bits per heavy atom. The second kappa shape index (κ2) is 5.68. The van der Waals surface area contributed by atoms with E-state index in [9.17, 15) is 0 Å². The summed E-state index contributed by atoms with van der Waals surface area (Å²) in [5.74, 6) is 0.755. The monoisotopic (exact) mass is 294 g/mol. The smallest absolute Gasteiger partial charge is 0.183 e. The maximum absolute atomic E-state index is 6.23. The third-order valence-corrected chi connectivity index (χ3v) is 5.67. The van der Waals surface area contributed by atoms with Gasteiger partial charge in [0.15, 0.2) is 5.13 Å². The van der Waals surface area contributed by atoms with E-state index >= 15 is 0 Å². The second-order valence-electron chi connectivity index (χ2n) is 5.53. The molecule has 1 aromatic carbocycles. The van der Waals surface area contributed by atoms with E-state index in [1.807, 2.05) is 6.07 Å². The Labute approximate surface area is 123 Å². The molecule has 1 aromatic heterocycles. The van der Waals surface area contributed by atoms with Gasteiger partial charge in [-0.05, 0) is 25.0 Å². The molecule has 0 spiro atoms. The lowest BCUT2D eigenvalue weighted by Gasteiger charge is -2.35. The van der Waals surface area contributed by atoms with Gasteiger partial charge in [0.1, 0.15) is 0 Å². The number of alkyl halides is 1. The second-order valence-corrected chi connectivity index (χ2v) is 6.83. The number of hydrogen-bond acceptors (Lipinski definition) is 3. The fourth-order valence-corrected chi connectivity index (χ4v) is 4.09. The lowest BCUT2D eigenvalue weighted by molar-refractivity contribution is 0.238. The molecule has 1 aliphatic carbocycles. The predicted octanol–water partition coefficient (Wildman–Crippen LogP) is 4.90. The van der Waals surface area contributed by atoms with Gasteiger partial charge in [0, 0.05) is 17.8 Å². The van der Waals surface area contributed by atoms with E-state index in [4.69, 9.17) is 11.6 Å². The molecule has 0 unspecified atom stereocenters. The molecule has 4 heteroatoms. The molecule has 0 amide bonds. The number of para-hydroxylation sites is 1. The van der Waals surface area contributed by atoms with Crippen molar-refractivity contribution in [2.75, 3.05) is 17.7 Å². The van der Waals surface area contributed by atoms with Crippen molar-refractivity contribution in [3.05, 3.63) is 24.3 Å². The van der Waals surface area contributed by atoms with Crippen LogP contribution in [0.25, 0.3) is 10.2 Å². The zero-order valence-electron chi connectivity index (χ0n) is 11.0. The van der Waals surface area contributed by atoms with Crippen LogP contribution >= 0.6 is 22.9 Å². The highest BCUT2D eigenvalue weighted by atomic mass is 35.5. The average Bonchev–Trinajstić information content (AvgIpc) is 2.89. The molecule has 1 saturated carbocycles. The summed E-state index contributed by atoms with van der Waals surface area (Å²) in [4.78, 5) is 4.63. The number of rotatable bonds is 4. The maximum atomic E-state index is 6.23. The lowest BCUT2D eigenvalue weighted by Crippen LogP contribution is -2.33. The van der Waals surface area contributed by atoms with E-state index in [-0.39, 0.29) is 5.41 Å². The largest absolute Gasteiger partial charge is 0.361 e. The highest BCUT2D eigenvalue weighted by Gasteiger charge is 2.31. The summed E-state index contributed by atoms with van der Waals surface area (Å²) in [5.41, 5.74) is 1.36. The van der Waals surface area contributed by atoms with Crippen molar-refractivity contribution in [1.82, 2.24) is 4.98 Å². The molecule has 0 bridgehead atoms. The summed E-state index contributed by atoms with van der Waals surface area (Å²) < 4.78 is 1.24. The summed E-state index contributed by atoms with van der Waals surface area (Å²) in [5, 5.41) is 4.54. The molecule has 19 heavy (non-hydrogen) atoms. The van der Waals surface area contributed by atoms with E-state index < -0.39 is 0 Å². The normalized spacial score (nSPS) is 18.6. The minimum atomic E-state index is 0.275. The van der Waals surface area contributed by atoms with Crippen molar-refractivity contribution in [2.45, 2.75) is 32.1 Å². The van der Waals surface area contributed by atoms with Gasteiger partial charge in [0.25, 0.3) is 0 Å². The lowest BCUT2D eigenvalue weighted by atomic mass is 9.75. The van der Waals surface area contributed by atoms with Crippen LogP contribution in [0.3, 0.4) is 0 Å². The van der Waals surface area contributed by atoms with Crippen LogP contribution in [-0.2, 0) is 0 Å². The maximum Gasteiger partial charge on any atom is 0.183 e. The molecule has 1 heterocycles. The zero-order valence-corrected chi connectivity index (χ0v) is 12.6. The summed E-state index contributed by atoms with van der Waals surface area (Å²) >= 11 is 7.95. The van der Waals surface area contributed by atoms with Gasteiger partial charge in [-0.2, -0.15) is 0 Å². The van der Waals surface area contributed by atoms with Crippen LogP contribution in [-0.4, -0.2) is 17.4 Å². The van der Waals surface area contributed by atoms with Crippen LogP contribution in [0.15, 0.2) is 24.3 Å². The Morgan fingerprint density at radius 3 is 2.74 bits per heavy atom. The van der Waals surface area contributed by atoms with Crippen LogP contribution in [0, 0.1) is 5.41 Å². The number of fused-ring (bicyclic) bond motifs is 1. The molecule has 0 atom stereocenters. The van der Waals surface area contributed by atoms with Gasteiger partial charge >= 0.3 is 0 Å². The molecule has 1 aliphatic rings. The van der Waals surface area contributed by atoms with Gasteiger partial charge in [-0.3, -0.25) is 0 Å². The minimum Gasteiger partial charge on any atom is -0.361 e. The first-order valence-corrected chi connectivity index (χ1v) is 8.32. The molecular formula is C15H19ClN2S. The molecule has 1 fully saturated rings. The van der Waals surface area contributed by atoms with E-state index in [0.29, 0.717) is 0 Å². The number of benzene rings is 1. The summed E-state index contributed by atoms with van der Waals surface area (Å²) in [6.07, 6.45) is 6.48. The van der Waals surface area contributed by atoms with Crippen LogP contribution < -0.4 is 5.32 Å².